The number of rotatable bonds is 4. The van der Waals surface area contributed by atoms with Gasteiger partial charge in [-0.05, 0) is 61.3 Å². The molecule has 4 heterocycles. The van der Waals surface area contributed by atoms with Crippen molar-refractivity contribution in [3.8, 4) is 5.75 Å². The van der Waals surface area contributed by atoms with Gasteiger partial charge in [-0.1, -0.05) is 0 Å². The number of hydrogen-bond donors (Lipinski definition) is 1. The van der Waals surface area contributed by atoms with Crippen LogP contribution in [0.1, 0.15) is 36.2 Å². The Labute approximate surface area is 168 Å². The van der Waals surface area contributed by atoms with Crippen molar-refractivity contribution in [3.63, 3.8) is 0 Å². The van der Waals surface area contributed by atoms with Crippen molar-refractivity contribution in [1.82, 2.24) is 14.2 Å². The molecule has 6 rings (SSSR count). The lowest BCUT2D eigenvalue weighted by atomic mass is 10.0. The van der Waals surface area contributed by atoms with E-state index in [9.17, 15) is 4.79 Å². The molecule has 150 valence electrons. The molecule has 1 aliphatic carbocycles. The highest BCUT2D eigenvalue weighted by Crippen LogP contribution is 2.32. The van der Waals surface area contributed by atoms with Gasteiger partial charge in [-0.15, -0.1) is 0 Å². The summed E-state index contributed by atoms with van der Waals surface area (Å²) in [5, 5.41) is 7.85. The third-order valence-electron chi connectivity index (χ3n) is 5.74. The number of fused-ring (bicyclic) bond motifs is 5. The van der Waals surface area contributed by atoms with Gasteiger partial charge in [0, 0.05) is 37.6 Å². The molecule has 0 unspecified atom stereocenters. The molecule has 4 fully saturated rings. The Morgan fingerprint density at radius 2 is 1.96 bits per heavy atom. The van der Waals surface area contributed by atoms with E-state index in [2.05, 4.69) is 14.2 Å². The third kappa shape index (κ3) is 4.12. The maximum atomic E-state index is 13.1. The van der Waals surface area contributed by atoms with Gasteiger partial charge in [-0.25, -0.2) is 0 Å². The van der Waals surface area contributed by atoms with Crippen LogP contribution in [-0.2, 0) is 4.79 Å². The third-order valence-corrected chi connectivity index (χ3v) is 6.55. The first-order valence-electron chi connectivity index (χ1n) is 9.83. The molecule has 0 spiro atoms. The highest BCUT2D eigenvalue weighted by Gasteiger charge is 2.33. The number of amides is 1. The monoisotopic (exact) mass is 403 g/mol. The number of nitrogens with zero attached hydrogens (tertiary/aromatic N) is 3. The minimum absolute atomic E-state index is 0.103. The molecule has 3 aliphatic heterocycles. The summed E-state index contributed by atoms with van der Waals surface area (Å²) >= 11 is 1.41. The van der Waals surface area contributed by atoms with Crippen LogP contribution in [-0.4, -0.2) is 70.5 Å². The van der Waals surface area contributed by atoms with Crippen molar-refractivity contribution in [1.29, 1.82) is 0 Å². The Bertz CT molecular complexity index is 843. The summed E-state index contributed by atoms with van der Waals surface area (Å²) in [5.74, 6) is 1.73. The van der Waals surface area contributed by atoms with Crippen molar-refractivity contribution in [3.05, 3.63) is 23.9 Å². The van der Waals surface area contributed by atoms with Gasteiger partial charge in [-0.2, -0.15) is 4.37 Å². The number of hydrogen-bond acceptors (Lipinski definition) is 6. The fourth-order valence-corrected chi connectivity index (χ4v) is 4.75. The molecule has 0 radical (unpaired) electrons. The molecule has 4 aliphatic rings. The second kappa shape index (κ2) is 8.45. The Morgan fingerprint density at radius 3 is 2.68 bits per heavy atom. The lowest BCUT2D eigenvalue weighted by Crippen LogP contribution is -2.41. The number of carbonyl (C=O) groups excluding carboxylic acids is 1. The van der Waals surface area contributed by atoms with Crippen LogP contribution >= 0.6 is 11.5 Å². The van der Waals surface area contributed by atoms with Crippen LogP contribution in [0.5, 0.6) is 5.75 Å². The number of ether oxygens (including phenoxy) is 1. The molecular formula is C20H25N3O4S. The van der Waals surface area contributed by atoms with Crippen molar-refractivity contribution in [2.24, 2.45) is 5.92 Å². The molecular weight excluding hydrogens is 378 g/mol. The summed E-state index contributed by atoms with van der Waals surface area (Å²) in [7, 11) is 0. The zero-order valence-corrected chi connectivity index (χ0v) is 16.6. The van der Waals surface area contributed by atoms with E-state index in [4.69, 9.17) is 14.6 Å². The number of carboxylic acid groups (broad SMARTS) is 1. The Balaban J connectivity index is 0.000000604. The summed E-state index contributed by atoms with van der Waals surface area (Å²) in [6.45, 7) is 4.61. The topological polar surface area (TPSA) is 83.0 Å². The Morgan fingerprint density at radius 1 is 1.21 bits per heavy atom. The summed E-state index contributed by atoms with van der Waals surface area (Å²) in [4.78, 5) is 26.0. The SMILES string of the molecule is O=C(c1nsc2cc(OCC3CC3)ccc12)N1CCN2CCC1CC2.O=CO. The highest BCUT2D eigenvalue weighted by atomic mass is 32.1. The average molecular weight is 404 g/mol. The number of carbonyl (C=O) groups is 2. The predicted octanol–water partition coefficient (Wildman–Crippen LogP) is 2.71. The molecule has 1 amide bonds. The van der Waals surface area contributed by atoms with Gasteiger partial charge in [0.15, 0.2) is 0 Å². The standard InChI is InChI=1S/C19H23N3O2S.CH2O2/c23-19(22-10-9-21-7-5-14(22)6-8-21)18-16-4-3-15(11-17(16)25-20-18)24-12-13-1-2-13;2-1-3/h3-4,11,13-14H,1-2,5-10,12H2;1H,(H,2,3). The smallest absolute Gasteiger partial charge is 0.290 e. The van der Waals surface area contributed by atoms with Gasteiger partial charge < -0.3 is 19.6 Å². The molecule has 1 aromatic carbocycles. The summed E-state index contributed by atoms with van der Waals surface area (Å²) in [5.41, 5.74) is 0.620. The van der Waals surface area contributed by atoms with Crippen LogP contribution in [0.25, 0.3) is 10.1 Å². The fourth-order valence-electron chi connectivity index (χ4n) is 3.95. The van der Waals surface area contributed by atoms with E-state index in [1.54, 1.807) is 0 Å². The summed E-state index contributed by atoms with van der Waals surface area (Å²) in [6, 6.07) is 6.40. The number of aromatic nitrogens is 1. The lowest BCUT2D eigenvalue weighted by Gasteiger charge is -2.31. The van der Waals surface area contributed by atoms with Crippen molar-refractivity contribution in [2.45, 2.75) is 31.7 Å². The maximum Gasteiger partial charge on any atom is 0.290 e. The van der Waals surface area contributed by atoms with Gasteiger partial charge in [0.2, 0.25) is 0 Å². The first-order valence-corrected chi connectivity index (χ1v) is 10.6. The van der Waals surface area contributed by atoms with Crippen LogP contribution in [0.2, 0.25) is 0 Å². The van der Waals surface area contributed by atoms with Crippen LogP contribution < -0.4 is 4.74 Å². The quantitative estimate of drug-likeness (QED) is 0.791. The number of piperidine rings is 1. The van der Waals surface area contributed by atoms with E-state index in [0.717, 1.165) is 67.4 Å². The van der Waals surface area contributed by atoms with E-state index in [1.807, 2.05) is 18.2 Å². The molecule has 8 heteroatoms. The molecule has 7 nitrogen and oxygen atoms in total. The van der Waals surface area contributed by atoms with E-state index < -0.39 is 0 Å². The normalized spacial score (nSPS) is 23.6. The molecule has 2 bridgehead atoms. The van der Waals surface area contributed by atoms with Gasteiger partial charge in [0.05, 0.1) is 11.3 Å². The van der Waals surface area contributed by atoms with E-state index in [1.165, 1.54) is 24.4 Å². The van der Waals surface area contributed by atoms with Crippen molar-refractivity contribution < 1.29 is 19.4 Å². The van der Waals surface area contributed by atoms with Crippen molar-refractivity contribution >= 4 is 34.0 Å². The van der Waals surface area contributed by atoms with Crippen LogP contribution in [0.3, 0.4) is 0 Å². The predicted molar refractivity (Wildman–Crippen MR) is 107 cm³/mol. The molecule has 2 aromatic rings. The van der Waals surface area contributed by atoms with Gasteiger partial charge in [-0.3, -0.25) is 9.59 Å². The average Bonchev–Trinajstić information content (AvgIpc) is 3.51. The highest BCUT2D eigenvalue weighted by molar-refractivity contribution is 7.13. The van der Waals surface area contributed by atoms with Crippen molar-refractivity contribution in [2.75, 3.05) is 32.8 Å². The van der Waals surface area contributed by atoms with Crippen LogP contribution in [0.15, 0.2) is 18.2 Å². The number of benzene rings is 1. The lowest BCUT2D eigenvalue weighted by molar-refractivity contribution is -0.122. The Kier molecular flexibility index (Phi) is 5.77. The second-order valence-corrected chi connectivity index (χ2v) is 8.43. The maximum absolute atomic E-state index is 13.1. The molecule has 1 saturated carbocycles. The van der Waals surface area contributed by atoms with Crippen LogP contribution in [0.4, 0.5) is 0 Å². The van der Waals surface area contributed by atoms with E-state index in [-0.39, 0.29) is 12.4 Å². The van der Waals surface area contributed by atoms with Gasteiger partial charge >= 0.3 is 0 Å². The van der Waals surface area contributed by atoms with E-state index >= 15 is 0 Å². The largest absolute Gasteiger partial charge is 0.493 e. The summed E-state index contributed by atoms with van der Waals surface area (Å²) < 4.78 is 11.4. The minimum Gasteiger partial charge on any atom is -0.493 e. The molecule has 3 saturated heterocycles. The zero-order valence-electron chi connectivity index (χ0n) is 15.7. The Hall–Kier alpha value is -2.19. The summed E-state index contributed by atoms with van der Waals surface area (Å²) in [6.07, 6.45) is 4.76. The van der Waals surface area contributed by atoms with E-state index in [0.29, 0.717) is 11.7 Å². The zero-order chi connectivity index (χ0) is 19.5. The molecule has 1 aromatic heterocycles. The first-order chi connectivity index (χ1) is 13.7. The second-order valence-electron chi connectivity index (χ2n) is 7.62. The first kappa shape index (κ1) is 19.1. The molecule has 28 heavy (non-hydrogen) atoms. The fraction of sp³-hybridized carbons (Fsp3) is 0.550. The molecule has 0 atom stereocenters. The van der Waals surface area contributed by atoms with Gasteiger partial charge in [0.25, 0.3) is 12.4 Å². The molecule has 1 N–H and O–H groups in total. The van der Waals surface area contributed by atoms with Gasteiger partial charge in [0.1, 0.15) is 11.4 Å². The van der Waals surface area contributed by atoms with Crippen LogP contribution in [0, 0.1) is 5.92 Å². The minimum atomic E-state index is -0.250.